The van der Waals surface area contributed by atoms with E-state index in [0.717, 1.165) is 46.5 Å². The van der Waals surface area contributed by atoms with Gasteiger partial charge in [-0.25, -0.2) is 20.0 Å². The molecule has 186 valence electrons. The maximum absolute atomic E-state index is 12.1. The second kappa shape index (κ2) is 9.38. The van der Waals surface area contributed by atoms with Crippen LogP contribution < -0.4 is 15.1 Å². The summed E-state index contributed by atoms with van der Waals surface area (Å²) < 4.78 is 5.93. The Kier molecular flexibility index (Phi) is 5.76. The Morgan fingerprint density at radius 1 is 1.16 bits per heavy atom. The van der Waals surface area contributed by atoms with Gasteiger partial charge in [-0.2, -0.15) is 5.10 Å². The minimum Gasteiger partial charge on any atom is -0.439 e. The van der Waals surface area contributed by atoms with Crippen molar-refractivity contribution in [3.8, 4) is 11.6 Å². The fourth-order valence-electron chi connectivity index (χ4n) is 4.76. The van der Waals surface area contributed by atoms with Gasteiger partial charge in [0.25, 0.3) is 0 Å². The normalized spacial score (nSPS) is 15.4. The molecule has 0 unspecified atom stereocenters. The lowest BCUT2D eigenvalue weighted by Crippen LogP contribution is -2.46. The smallest absolute Gasteiger partial charge is 0.245 e. The number of hydrogen-bond acceptors (Lipinski definition) is 8. The third-order valence-electron chi connectivity index (χ3n) is 6.72. The van der Waals surface area contributed by atoms with E-state index in [4.69, 9.17) is 9.84 Å². The van der Waals surface area contributed by atoms with Gasteiger partial charge in [0.05, 0.1) is 11.4 Å². The molecule has 1 amide bonds. The molecule has 2 aliphatic heterocycles. The van der Waals surface area contributed by atoms with Gasteiger partial charge in [-0.15, -0.1) is 0 Å². The van der Waals surface area contributed by atoms with Gasteiger partial charge in [-0.1, -0.05) is 12.6 Å². The first-order valence-corrected chi connectivity index (χ1v) is 12.2. The number of aromatic nitrogens is 4. The molecule has 10 nitrogen and oxygen atoms in total. The maximum atomic E-state index is 12.1. The van der Waals surface area contributed by atoms with Gasteiger partial charge >= 0.3 is 0 Å². The van der Waals surface area contributed by atoms with E-state index in [9.17, 15) is 4.79 Å². The fourth-order valence-corrected chi connectivity index (χ4v) is 4.76. The SMILES string of the molecule is C=CC(=O)N1CCC(N2N=C(Nc3ccc(Oc4ncccc4C)cc3)c3c[nH]c4ncnc2c34)CC1. The minimum atomic E-state index is -0.0362. The lowest BCUT2D eigenvalue weighted by molar-refractivity contribution is -0.127. The van der Waals surface area contributed by atoms with E-state index < -0.39 is 0 Å². The van der Waals surface area contributed by atoms with Crippen molar-refractivity contribution in [3.05, 3.63) is 78.9 Å². The van der Waals surface area contributed by atoms with Gasteiger partial charge in [-0.3, -0.25) is 4.79 Å². The number of piperidine rings is 1. The second-order valence-electron chi connectivity index (χ2n) is 9.05. The predicted molar refractivity (Wildman–Crippen MR) is 142 cm³/mol. The summed E-state index contributed by atoms with van der Waals surface area (Å²) in [4.78, 5) is 30.4. The van der Waals surface area contributed by atoms with Crippen molar-refractivity contribution in [3.63, 3.8) is 0 Å². The number of amidine groups is 1. The van der Waals surface area contributed by atoms with Crippen LogP contribution in [0.1, 0.15) is 24.0 Å². The number of nitrogens with one attached hydrogen (secondary N) is 2. The first-order chi connectivity index (χ1) is 18.1. The highest BCUT2D eigenvalue weighted by atomic mass is 16.5. The van der Waals surface area contributed by atoms with Crippen LogP contribution in [0, 0.1) is 6.92 Å². The van der Waals surface area contributed by atoms with Crippen LogP contribution >= 0.6 is 0 Å². The Bertz CT molecular complexity index is 1500. The van der Waals surface area contributed by atoms with Crippen molar-refractivity contribution in [1.82, 2.24) is 24.8 Å². The van der Waals surface area contributed by atoms with E-state index in [2.05, 4.69) is 31.8 Å². The Hall–Kier alpha value is -4.73. The summed E-state index contributed by atoms with van der Waals surface area (Å²) in [6, 6.07) is 11.6. The number of pyridine rings is 1. The number of anilines is 2. The van der Waals surface area contributed by atoms with Crippen LogP contribution in [0.4, 0.5) is 11.5 Å². The number of rotatable bonds is 5. The number of aryl methyl sites for hydroxylation is 1. The van der Waals surface area contributed by atoms with Crippen LogP contribution in [0.2, 0.25) is 0 Å². The molecule has 2 N–H and O–H groups in total. The molecule has 4 aromatic rings. The Labute approximate surface area is 213 Å². The molecule has 0 radical (unpaired) electrons. The highest BCUT2D eigenvalue weighted by Gasteiger charge is 2.32. The molecule has 3 aromatic heterocycles. The predicted octanol–water partition coefficient (Wildman–Crippen LogP) is 4.22. The summed E-state index contributed by atoms with van der Waals surface area (Å²) in [5.41, 5.74) is 3.50. The molecule has 0 atom stereocenters. The number of likely N-dealkylation sites (tertiary alicyclic amines) is 1. The number of carbonyl (C=O) groups excluding carboxylic acids is 1. The molecule has 1 aromatic carbocycles. The van der Waals surface area contributed by atoms with Crippen molar-refractivity contribution in [2.75, 3.05) is 23.4 Å². The van der Waals surface area contributed by atoms with Crippen LogP contribution in [0.15, 0.2) is 72.9 Å². The van der Waals surface area contributed by atoms with Crippen molar-refractivity contribution in [2.24, 2.45) is 5.10 Å². The van der Waals surface area contributed by atoms with Crippen LogP contribution in [0.5, 0.6) is 11.6 Å². The van der Waals surface area contributed by atoms with Gasteiger partial charge in [0.1, 0.15) is 17.7 Å². The summed E-state index contributed by atoms with van der Waals surface area (Å²) in [5.74, 6) is 2.72. The lowest BCUT2D eigenvalue weighted by atomic mass is 10.0. The van der Waals surface area contributed by atoms with Crippen LogP contribution in [-0.4, -0.2) is 55.7 Å². The molecule has 10 heteroatoms. The largest absolute Gasteiger partial charge is 0.439 e. The number of hydrazone groups is 1. The molecule has 0 bridgehead atoms. The Morgan fingerprint density at radius 2 is 1.97 bits per heavy atom. The lowest BCUT2D eigenvalue weighted by Gasteiger charge is -2.37. The second-order valence-corrected chi connectivity index (χ2v) is 9.05. The van der Waals surface area contributed by atoms with Crippen molar-refractivity contribution in [2.45, 2.75) is 25.8 Å². The van der Waals surface area contributed by atoms with E-state index >= 15 is 0 Å². The third kappa shape index (κ3) is 4.26. The molecule has 1 fully saturated rings. The first-order valence-electron chi connectivity index (χ1n) is 12.2. The molecule has 0 spiro atoms. The zero-order valence-corrected chi connectivity index (χ0v) is 20.4. The minimum absolute atomic E-state index is 0.0362. The molecule has 1 saturated heterocycles. The van der Waals surface area contributed by atoms with E-state index in [1.165, 1.54) is 6.08 Å². The monoisotopic (exact) mass is 494 g/mol. The average Bonchev–Trinajstić information content (AvgIpc) is 3.38. The summed E-state index contributed by atoms with van der Waals surface area (Å²) in [7, 11) is 0. The maximum Gasteiger partial charge on any atom is 0.245 e. The zero-order valence-electron chi connectivity index (χ0n) is 20.4. The van der Waals surface area contributed by atoms with Gasteiger partial charge in [-0.05, 0) is 56.2 Å². The van der Waals surface area contributed by atoms with Gasteiger partial charge < -0.3 is 19.9 Å². The number of amides is 1. The summed E-state index contributed by atoms with van der Waals surface area (Å²) >= 11 is 0. The van der Waals surface area contributed by atoms with Crippen LogP contribution in [0.25, 0.3) is 11.0 Å². The van der Waals surface area contributed by atoms with Gasteiger partial charge in [0.15, 0.2) is 11.7 Å². The average molecular weight is 495 g/mol. The number of nitrogens with zero attached hydrogens (tertiary/aromatic N) is 6. The number of carbonyl (C=O) groups is 1. The number of ether oxygens (including phenoxy) is 1. The van der Waals surface area contributed by atoms with Crippen LogP contribution in [0.3, 0.4) is 0 Å². The topological polar surface area (TPSA) is 112 Å². The third-order valence-corrected chi connectivity index (χ3v) is 6.72. The van der Waals surface area contributed by atoms with Gasteiger partial charge in [0, 0.05) is 42.3 Å². The zero-order chi connectivity index (χ0) is 25.4. The molecule has 0 saturated carbocycles. The Balaban J connectivity index is 1.26. The summed E-state index contributed by atoms with van der Waals surface area (Å²) in [6.07, 6.45) is 8.10. The van der Waals surface area contributed by atoms with E-state index in [0.29, 0.717) is 30.6 Å². The standard InChI is InChI=1S/C27H26N8O2/c1-3-22(36)34-13-10-19(11-14-34)35-26-23-21(15-29-25(23)30-16-31-26)24(33-35)32-18-6-8-20(9-7-18)37-27-17(2)5-4-12-28-27/h3-9,12,15-16,19H,1,10-11,13-14H2,2H3,(H,32,33)(H,29,30,31). The van der Waals surface area contributed by atoms with Gasteiger partial charge in [0.2, 0.25) is 11.8 Å². The van der Waals surface area contributed by atoms with Crippen LogP contribution in [-0.2, 0) is 4.79 Å². The Morgan fingerprint density at radius 3 is 2.73 bits per heavy atom. The van der Waals surface area contributed by atoms with Crippen molar-refractivity contribution in [1.29, 1.82) is 0 Å². The van der Waals surface area contributed by atoms with E-state index in [1.807, 2.05) is 59.4 Å². The highest BCUT2D eigenvalue weighted by molar-refractivity contribution is 6.19. The first kappa shape index (κ1) is 22.7. The molecule has 6 rings (SSSR count). The van der Waals surface area contributed by atoms with E-state index in [1.54, 1.807) is 12.5 Å². The van der Waals surface area contributed by atoms with Crippen molar-refractivity contribution >= 4 is 34.3 Å². The molecule has 2 aliphatic rings. The fraction of sp³-hybridized carbons (Fsp3) is 0.222. The number of benzene rings is 1. The quantitative estimate of drug-likeness (QED) is 0.400. The van der Waals surface area contributed by atoms with Crippen molar-refractivity contribution < 1.29 is 9.53 Å². The van der Waals surface area contributed by atoms with E-state index in [-0.39, 0.29) is 11.9 Å². The highest BCUT2D eigenvalue weighted by Crippen LogP contribution is 2.35. The summed E-state index contributed by atoms with van der Waals surface area (Å²) in [5, 5.41) is 11.4. The summed E-state index contributed by atoms with van der Waals surface area (Å²) in [6.45, 7) is 6.87. The molecule has 5 heterocycles. The number of hydrogen-bond donors (Lipinski definition) is 2. The molecular formula is C27H26N8O2. The molecule has 37 heavy (non-hydrogen) atoms. The molecule has 0 aliphatic carbocycles. The number of aromatic amines is 1. The number of H-pyrrole nitrogens is 1. The molecular weight excluding hydrogens is 468 g/mol.